The summed E-state index contributed by atoms with van der Waals surface area (Å²) in [6.07, 6.45) is 0. The highest BCUT2D eigenvalue weighted by atomic mass is 79.9. The van der Waals surface area contributed by atoms with Crippen LogP contribution in [0.25, 0.3) is 0 Å². The molecule has 0 saturated carbocycles. The molecule has 0 aliphatic carbocycles. The van der Waals surface area contributed by atoms with Crippen LogP contribution in [0.5, 0.6) is 0 Å². The van der Waals surface area contributed by atoms with Gasteiger partial charge in [0.25, 0.3) is 0 Å². The van der Waals surface area contributed by atoms with Crippen molar-refractivity contribution in [3.63, 3.8) is 0 Å². The highest BCUT2D eigenvalue weighted by Gasteiger charge is 2.23. The Balaban J connectivity index is 2.81. The molecule has 2 N–H and O–H groups in total. The van der Waals surface area contributed by atoms with E-state index in [2.05, 4.69) is 15.9 Å². The van der Waals surface area contributed by atoms with E-state index in [-0.39, 0.29) is 18.6 Å². The first-order valence-corrected chi connectivity index (χ1v) is 7.04. The molecule has 0 heterocycles. The first-order valence-electron chi connectivity index (χ1n) is 6.25. The first-order chi connectivity index (χ1) is 8.95. The lowest BCUT2D eigenvalue weighted by Crippen LogP contribution is -2.48. The van der Waals surface area contributed by atoms with Crippen molar-refractivity contribution < 1.29 is 9.53 Å². The fraction of sp³-hybridized carbons (Fsp3) is 0.500. The maximum absolute atomic E-state index is 12.3. The topological polar surface area (TPSA) is 55.6 Å². The minimum atomic E-state index is -0.612. The largest absolute Gasteiger partial charge is 0.383 e. The second-order valence-electron chi connectivity index (χ2n) is 4.75. The second kappa shape index (κ2) is 7.62. The van der Waals surface area contributed by atoms with Crippen LogP contribution in [0.15, 0.2) is 28.7 Å². The summed E-state index contributed by atoms with van der Waals surface area (Å²) in [6, 6.07) is 7.40. The standard InChI is InChI=1S/C14H21BrN2O2/c1-10(2)17(14(18)13(16)9-19-3)8-11-5-4-6-12(15)7-11/h4-7,10,13H,8-9,16H2,1-3H3. The molecule has 1 unspecified atom stereocenters. The van der Waals surface area contributed by atoms with Gasteiger partial charge in [0.05, 0.1) is 6.61 Å². The summed E-state index contributed by atoms with van der Waals surface area (Å²) in [5.41, 5.74) is 6.89. The summed E-state index contributed by atoms with van der Waals surface area (Å²) in [5.74, 6) is -0.0863. The van der Waals surface area contributed by atoms with Crippen molar-refractivity contribution in [3.05, 3.63) is 34.3 Å². The molecular formula is C14H21BrN2O2. The van der Waals surface area contributed by atoms with Gasteiger partial charge in [-0.25, -0.2) is 0 Å². The van der Waals surface area contributed by atoms with Gasteiger partial charge in [-0.2, -0.15) is 0 Å². The molecule has 0 bridgehead atoms. The molecule has 1 amide bonds. The van der Waals surface area contributed by atoms with Gasteiger partial charge in [-0.3, -0.25) is 4.79 Å². The van der Waals surface area contributed by atoms with E-state index in [1.807, 2.05) is 38.1 Å². The molecule has 1 aromatic carbocycles. The van der Waals surface area contributed by atoms with Gasteiger partial charge in [-0.1, -0.05) is 28.1 Å². The molecule has 1 aromatic rings. The van der Waals surface area contributed by atoms with Crippen molar-refractivity contribution in [2.75, 3.05) is 13.7 Å². The zero-order chi connectivity index (χ0) is 14.4. The number of ether oxygens (including phenoxy) is 1. The van der Waals surface area contributed by atoms with Crippen LogP contribution in [-0.4, -0.2) is 36.6 Å². The predicted molar refractivity (Wildman–Crippen MR) is 79.7 cm³/mol. The minimum absolute atomic E-state index is 0.0863. The van der Waals surface area contributed by atoms with Gasteiger partial charge in [-0.05, 0) is 31.5 Å². The average molecular weight is 329 g/mol. The van der Waals surface area contributed by atoms with Gasteiger partial charge in [0.15, 0.2) is 0 Å². The number of carbonyl (C=O) groups is 1. The van der Waals surface area contributed by atoms with Crippen molar-refractivity contribution in [2.45, 2.75) is 32.5 Å². The Morgan fingerprint density at radius 2 is 2.16 bits per heavy atom. The number of benzene rings is 1. The van der Waals surface area contributed by atoms with Crippen LogP contribution in [0.3, 0.4) is 0 Å². The molecule has 0 aliphatic rings. The van der Waals surface area contributed by atoms with E-state index in [0.29, 0.717) is 6.54 Å². The van der Waals surface area contributed by atoms with Gasteiger partial charge in [0.1, 0.15) is 6.04 Å². The van der Waals surface area contributed by atoms with Crippen molar-refractivity contribution in [2.24, 2.45) is 5.73 Å². The number of hydrogen-bond donors (Lipinski definition) is 1. The molecule has 5 heteroatoms. The third-order valence-electron chi connectivity index (χ3n) is 2.81. The smallest absolute Gasteiger partial charge is 0.242 e. The van der Waals surface area contributed by atoms with E-state index in [4.69, 9.17) is 10.5 Å². The van der Waals surface area contributed by atoms with Crippen LogP contribution in [0.1, 0.15) is 19.4 Å². The fourth-order valence-electron chi connectivity index (χ4n) is 1.81. The Kier molecular flexibility index (Phi) is 6.48. The highest BCUT2D eigenvalue weighted by Crippen LogP contribution is 2.15. The minimum Gasteiger partial charge on any atom is -0.383 e. The average Bonchev–Trinajstić information content (AvgIpc) is 2.35. The Bertz CT molecular complexity index is 424. The summed E-state index contributed by atoms with van der Waals surface area (Å²) in [4.78, 5) is 14.0. The fourth-order valence-corrected chi connectivity index (χ4v) is 2.26. The highest BCUT2D eigenvalue weighted by molar-refractivity contribution is 9.10. The van der Waals surface area contributed by atoms with Gasteiger partial charge in [0.2, 0.25) is 5.91 Å². The van der Waals surface area contributed by atoms with Crippen LogP contribution in [0, 0.1) is 0 Å². The molecular weight excluding hydrogens is 308 g/mol. The SMILES string of the molecule is COCC(N)C(=O)N(Cc1cccc(Br)c1)C(C)C. The Morgan fingerprint density at radius 1 is 1.47 bits per heavy atom. The van der Waals surface area contributed by atoms with E-state index >= 15 is 0 Å². The number of halogens is 1. The number of carbonyl (C=O) groups excluding carboxylic acids is 1. The molecule has 0 fully saturated rings. The monoisotopic (exact) mass is 328 g/mol. The zero-order valence-electron chi connectivity index (χ0n) is 11.6. The van der Waals surface area contributed by atoms with Gasteiger partial charge >= 0.3 is 0 Å². The maximum Gasteiger partial charge on any atom is 0.242 e. The maximum atomic E-state index is 12.3. The molecule has 4 nitrogen and oxygen atoms in total. The van der Waals surface area contributed by atoms with E-state index in [9.17, 15) is 4.79 Å². The van der Waals surface area contributed by atoms with E-state index in [1.54, 1.807) is 12.0 Å². The summed E-state index contributed by atoms with van der Waals surface area (Å²) in [5, 5.41) is 0. The van der Waals surface area contributed by atoms with Gasteiger partial charge in [0, 0.05) is 24.2 Å². The number of rotatable bonds is 6. The van der Waals surface area contributed by atoms with Crippen LogP contribution in [0.4, 0.5) is 0 Å². The van der Waals surface area contributed by atoms with E-state index in [0.717, 1.165) is 10.0 Å². The Hall–Kier alpha value is -0.910. The van der Waals surface area contributed by atoms with Crippen molar-refractivity contribution >= 4 is 21.8 Å². The summed E-state index contributed by atoms with van der Waals surface area (Å²) >= 11 is 3.43. The predicted octanol–water partition coefficient (Wildman–Crippen LogP) is 2.16. The molecule has 19 heavy (non-hydrogen) atoms. The summed E-state index contributed by atoms with van der Waals surface area (Å²) < 4.78 is 5.95. The van der Waals surface area contributed by atoms with Crippen molar-refractivity contribution in [1.82, 2.24) is 4.90 Å². The normalized spacial score (nSPS) is 12.5. The molecule has 0 radical (unpaired) electrons. The Labute approximate surface area is 123 Å². The molecule has 0 spiro atoms. The molecule has 1 rings (SSSR count). The number of nitrogens with two attached hydrogens (primary N) is 1. The van der Waals surface area contributed by atoms with Crippen LogP contribution in [0.2, 0.25) is 0 Å². The molecule has 0 saturated heterocycles. The van der Waals surface area contributed by atoms with Gasteiger partial charge in [-0.15, -0.1) is 0 Å². The third-order valence-corrected chi connectivity index (χ3v) is 3.31. The Morgan fingerprint density at radius 3 is 2.68 bits per heavy atom. The summed E-state index contributed by atoms with van der Waals surface area (Å²) in [7, 11) is 1.54. The number of hydrogen-bond acceptors (Lipinski definition) is 3. The summed E-state index contributed by atoms with van der Waals surface area (Å²) in [6.45, 7) is 4.75. The molecule has 0 aromatic heterocycles. The van der Waals surface area contributed by atoms with Crippen LogP contribution < -0.4 is 5.73 Å². The number of methoxy groups -OCH3 is 1. The van der Waals surface area contributed by atoms with E-state index < -0.39 is 6.04 Å². The lowest BCUT2D eigenvalue weighted by atomic mass is 10.1. The lowest BCUT2D eigenvalue weighted by Gasteiger charge is -2.29. The van der Waals surface area contributed by atoms with Crippen molar-refractivity contribution in [3.8, 4) is 0 Å². The first kappa shape index (κ1) is 16.1. The lowest BCUT2D eigenvalue weighted by molar-refractivity contribution is -0.136. The second-order valence-corrected chi connectivity index (χ2v) is 5.67. The van der Waals surface area contributed by atoms with E-state index in [1.165, 1.54) is 0 Å². The third kappa shape index (κ3) is 4.93. The van der Waals surface area contributed by atoms with Crippen molar-refractivity contribution in [1.29, 1.82) is 0 Å². The van der Waals surface area contributed by atoms with Gasteiger partial charge < -0.3 is 15.4 Å². The van der Waals surface area contributed by atoms with Crippen LogP contribution in [-0.2, 0) is 16.1 Å². The quantitative estimate of drug-likeness (QED) is 0.870. The molecule has 1 atom stereocenters. The number of nitrogens with zero attached hydrogens (tertiary/aromatic N) is 1. The number of amides is 1. The molecule has 0 aliphatic heterocycles. The van der Waals surface area contributed by atoms with Crippen LogP contribution >= 0.6 is 15.9 Å². The zero-order valence-corrected chi connectivity index (χ0v) is 13.2. The molecule has 106 valence electrons.